The minimum absolute atomic E-state index is 0.162. The van der Waals surface area contributed by atoms with Gasteiger partial charge in [0.05, 0.1) is 0 Å². The molecule has 2 aromatic heterocycles. The van der Waals surface area contributed by atoms with Gasteiger partial charge in [0.15, 0.2) is 0 Å². The molecule has 15 heavy (non-hydrogen) atoms. The van der Waals surface area contributed by atoms with Crippen molar-refractivity contribution in [3.8, 4) is 0 Å². The first-order chi connectivity index (χ1) is 7.34. The van der Waals surface area contributed by atoms with Crippen LogP contribution in [0.15, 0.2) is 22.9 Å². The normalized spacial score (nSPS) is 10.7. The summed E-state index contributed by atoms with van der Waals surface area (Å²) in [5.41, 5.74) is 0.989. The van der Waals surface area contributed by atoms with Crippen LogP contribution in [-0.4, -0.2) is 26.5 Å². The quantitative estimate of drug-likeness (QED) is 0.755. The Labute approximate surface area is 89.0 Å². The van der Waals surface area contributed by atoms with Crippen LogP contribution in [0.4, 0.5) is 5.95 Å². The Hall–Kier alpha value is -2.02. The maximum absolute atomic E-state index is 11.3. The monoisotopic (exact) mass is 221 g/mol. The van der Waals surface area contributed by atoms with Crippen LogP contribution in [0.2, 0.25) is 0 Å². The standard InChI is InChI=1S/C8H7N5OS/c14-7(9-8-10-12-13-11-8)2-1-6-3-4-15-5-6/h1-5H,(H2,9,10,11,12,13,14)/b2-1-. The average molecular weight is 221 g/mol. The molecule has 0 unspecified atom stereocenters. The first-order valence-corrected chi connectivity index (χ1v) is 5.03. The molecule has 0 aromatic carbocycles. The maximum atomic E-state index is 11.3. The Morgan fingerprint density at radius 1 is 1.60 bits per heavy atom. The van der Waals surface area contributed by atoms with Crippen molar-refractivity contribution in [2.45, 2.75) is 0 Å². The molecule has 2 N–H and O–H groups in total. The lowest BCUT2D eigenvalue weighted by Crippen LogP contribution is -2.08. The van der Waals surface area contributed by atoms with Crippen molar-refractivity contribution in [3.05, 3.63) is 28.5 Å². The van der Waals surface area contributed by atoms with Gasteiger partial charge in [-0.1, -0.05) is 5.10 Å². The lowest BCUT2D eigenvalue weighted by Gasteiger charge is -1.91. The van der Waals surface area contributed by atoms with Gasteiger partial charge in [0.25, 0.3) is 11.9 Å². The number of tetrazole rings is 1. The molecule has 0 saturated heterocycles. The number of aromatic nitrogens is 4. The Morgan fingerprint density at radius 2 is 2.53 bits per heavy atom. The highest BCUT2D eigenvalue weighted by Gasteiger charge is 2.00. The minimum atomic E-state index is -0.289. The van der Waals surface area contributed by atoms with Gasteiger partial charge in [0.1, 0.15) is 0 Å². The van der Waals surface area contributed by atoms with Crippen molar-refractivity contribution >= 4 is 29.3 Å². The summed E-state index contributed by atoms with van der Waals surface area (Å²) in [6, 6.07) is 1.92. The van der Waals surface area contributed by atoms with Crippen molar-refractivity contribution in [3.63, 3.8) is 0 Å². The van der Waals surface area contributed by atoms with Gasteiger partial charge in [-0.25, -0.2) is 0 Å². The number of hydrogen-bond donors (Lipinski definition) is 2. The smallest absolute Gasteiger partial charge is 0.270 e. The van der Waals surface area contributed by atoms with Crippen molar-refractivity contribution < 1.29 is 4.79 Å². The van der Waals surface area contributed by atoms with Gasteiger partial charge in [-0.05, 0) is 33.7 Å². The lowest BCUT2D eigenvalue weighted by molar-refractivity contribution is -0.111. The number of nitrogens with zero attached hydrogens (tertiary/aromatic N) is 3. The topological polar surface area (TPSA) is 83.6 Å². The number of aromatic amines is 1. The van der Waals surface area contributed by atoms with Crippen LogP contribution in [0.25, 0.3) is 6.08 Å². The van der Waals surface area contributed by atoms with E-state index < -0.39 is 0 Å². The fraction of sp³-hybridized carbons (Fsp3) is 0. The number of carbonyl (C=O) groups is 1. The summed E-state index contributed by atoms with van der Waals surface area (Å²) in [4.78, 5) is 11.3. The summed E-state index contributed by atoms with van der Waals surface area (Å²) >= 11 is 1.57. The molecule has 0 radical (unpaired) electrons. The molecule has 1 amide bonds. The molecule has 0 atom stereocenters. The molecule has 0 aliphatic carbocycles. The van der Waals surface area contributed by atoms with E-state index in [1.807, 2.05) is 16.8 Å². The molecule has 0 fully saturated rings. The van der Waals surface area contributed by atoms with Gasteiger partial charge < -0.3 is 0 Å². The van der Waals surface area contributed by atoms with Gasteiger partial charge in [0.2, 0.25) is 0 Å². The number of hydrogen-bond acceptors (Lipinski definition) is 5. The molecule has 2 aromatic rings. The Morgan fingerprint density at radius 3 is 3.20 bits per heavy atom. The van der Waals surface area contributed by atoms with Crippen LogP contribution in [0.1, 0.15) is 5.56 Å². The summed E-state index contributed by atoms with van der Waals surface area (Å²) < 4.78 is 0. The van der Waals surface area contributed by atoms with Crippen LogP contribution < -0.4 is 5.32 Å². The molecular formula is C8H7N5OS. The molecule has 0 aliphatic rings. The van der Waals surface area contributed by atoms with Gasteiger partial charge in [0, 0.05) is 6.08 Å². The number of amides is 1. The largest absolute Gasteiger partial charge is 0.288 e. The van der Waals surface area contributed by atoms with E-state index >= 15 is 0 Å². The first kappa shape index (κ1) is 9.53. The van der Waals surface area contributed by atoms with E-state index in [1.165, 1.54) is 6.08 Å². The molecule has 0 saturated carbocycles. The molecular weight excluding hydrogens is 214 g/mol. The molecule has 7 heteroatoms. The number of rotatable bonds is 3. The number of thiophene rings is 1. The van der Waals surface area contributed by atoms with Crippen molar-refractivity contribution in [1.29, 1.82) is 0 Å². The fourth-order valence-corrected chi connectivity index (χ4v) is 1.54. The third-order valence-corrected chi connectivity index (χ3v) is 2.25. The second kappa shape index (κ2) is 4.47. The molecule has 76 valence electrons. The highest BCUT2D eigenvalue weighted by atomic mass is 32.1. The van der Waals surface area contributed by atoms with E-state index in [-0.39, 0.29) is 11.9 Å². The maximum Gasteiger partial charge on any atom is 0.270 e. The van der Waals surface area contributed by atoms with Crippen molar-refractivity contribution in [2.24, 2.45) is 0 Å². The second-order valence-corrected chi connectivity index (χ2v) is 3.39. The zero-order chi connectivity index (χ0) is 10.5. The summed E-state index contributed by atoms with van der Waals surface area (Å²) in [6.07, 6.45) is 3.13. The summed E-state index contributed by atoms with van der Waals surface area (Å²) in [7, 11) is 0. The molecule has 0 spiro atoms. The highest BCUT2D eigenvalue weighted by molar-refractivity contribution is 7.08. The molecule has 0 aliphatic heterocycles. The minimum Gasteiger partial charge on any atom is -0.288 e. The Bertz CT molecular complexity index is 447. The van der Waals surface area contributed by atoms with Gasteiger partial charge in [-0.15, -0.1) is 5.10 Å². The van der Waals surface area contributed by atoms with Crippen LogP contribution in [-0.2, 0) is 4.79 Å². The van der Waals surface area contributed by atoms with Crippen LogP contribution in [0.3, 0.4) is 0 Å². The SMILES string of the molecule is O=C(/C=C\c1ccsc1)Nc1nn[nH]n1. The zero-order valence-corrected chi connectivity index (χ0v) is 8.36. The van der Waals surface area contributed by atoms with Crippen LogP contribution >= 0.6 is 11.3 Å². The van der Waals surface area contributed by atoms with E-state index in [2.05, 4.69) is 25.9 Å². The van der Waals surface area contributed by atoms with E-state index in [0.29, 0.717) is 0 Å². The van der Waals surface area contributed by atoms with Crippen LogP contribution in [0.5, 0.6) is 0 Å². The second-order valence-electron chi connectivity index (χ2n) is 2.61. The molecule has 2 heterocycles. The lowest BCUT2D eigenvalue weighted by atomic mass is 10.3. The molecule has 6 nitrogen and oxygen atoms in total. The third-order valence-electron chi connectivity index (χ3n) is 1.55. The highest BCUT2D eigenvalue weighted by Crippen LogP contribution is 2.07. The predicted octanol–water partition coefficient (Wildman–Crippen LogP) is 0.913. The van der Waals surface area contributed by atoms with Crippen molar-refractivity contribution in [1.82, 2.24) is 20.6 Å². The fourth-order valence-electron chi connectivity index (χ4n) is 0.908. The van der Waals surface area contributed by atoms with Gasteiger partial charge in [-0.3, -0.25) is 10.1 Å². The Kier molecular flexibility index (Phi) is 2.84. The number of H-pyrrole nitrogens is 1. The number of nitrogens with one attached hydrogen (secondary N) is 2. The molecule has 2 rings (SSSR count). The molecule has 0 bridgehead atoms. The zero-order valence-electron chi connectivity index (χ0n) is 7.54. The van der Waals surface area contributed by atoms with E-state index in [0.717, 1.165) is 5.56 Å². The van der Waals surface area contributed by atoms with Gasteiger partial charge in [-0.2, -0.15) is 16.6 Å². The average Bonchev–Trinajstić information content (AvgIpc) is 2.86. The number of carbonyl (C=O) groups excluding carboxylic acids is 1. The van der Waals surface area contributed by atoms with Crippen LogP contribution in [0, 0.1) is 0 Å². The summed E-state index contributed by atoms with van der Waals surface area (Å²) in [5.74, 6) is -0.127. The Balaban J connectivity index is 1.93. The predicted molar refractivity (Wildman–Crippen MR) is 56.2 cm³/mol. The van der Waals surface area contributed by atoms with E-state index in [1.54, 1.807) is 17.4 Å². The third kappa shape index (κ3) is 2.71. The summed E-state index contributed by atoms with van der Waals surface area (Å²) in [6.45, 7) is 0. The van der Waals surface area contributed by atoms with Gasteiger partial charge >= 0.3 is 0 Å². The summed E-state index contributed by atoms with van der Waals surface area (Å²) in [5, 5.41) is 19.1. The van der Waals surface area contributed by atoms with E-state index in [4.69, 9.17) is 0 Å². The number of anilines is 1. The van der Waals surface area contributed by atoms with E-state index in [9.17, 15) is 4.79 Å². The first-order valence-electron chi connectivity index (χ1n) is 4.09. The van der Waals surface area contributed by atoms with Crippen molar-refractivity contribution in [2.75, 3.05) is 5.32 Å².